The Bertz CT molecular complexity index is 585. The van der Waals surface area contributed by atoms with Gasteiger partial charge in [-0.15, -0.1) is 0 Å². The van der Waals surface area contributed by atoms with Crippen molar-refractivity contribution in [2.24, 2.45) is 0 Å². The Morgan fingerprint density at radius 3 is 2.90 bits per heavy atom. The normalized spacial score (nSPS) is 16.9. The van der Waals surface area contributed by atoms with Crippen molar-refractivity contribution >= 4 is 5.65 Å². The summed E-state index contributed by atoms with van der Waals surface area (Å²) in [4.78, 5) is 9.63. The third kappa shape index (κ3) is 3.61. The zero-order valence-corrected chi connectivity index (χ0v) is 13.0. The number of nitrogens with one attached hydrogen (secondary N) is 1. The molecule has 1 aliphatic heterocycles. The molecule has 1 N–H and O–H groups in total. The van der Waals surface area contributed by atoms with Gasteiger partial charge in [0.25, 0.3) is 0 Å². The highest BCUT2D eigenvalue weighted by atomic mass is 15.2. The highest BCUT2D eigenvalue weighted by Gasteiger charge is 2.11. The lowest BCUT2D eigenvalue weighted by molar-refractivity contribution is 0.201. The minimum absolute atomic E-state index is 0.910. The number of hydrogen-bond donors (Lipinski definition) is 1. The molecule has 3 rings (SSSR count). The number of nitrogens with zero attached hydrogens (tertiary/aromatic N) is 4. The summed E-state index contributed by atoms with van der Waals surface area (Å²) in [7, 11) is 2.18. The Hall–Kier alpha value is -1.43. The molecule has 1 aliphatic rings. The fourth-order valence-electron chi connectivity index (χ4n) is 2.88. The molecule has 2 aromatic rings. The van der Waals surface area contributed by atoms with E-state index in [1.165, 1.54) is 18.7 Å². The number of pyridine rings is 1. The zero-order chi connectivity index (χ0) is 14.7. The minimum atomic E-state index is 0.910. The Balaban J connectivity index is 1.55. The lowest BCUT2D eigenvalue weighted by atomic mass is 10.3. The molecule has 0 atom stereocenters. The van der Waals surface area contributed by atoms with E-state index in [0.29, 0.717) is 0 Å². The highest BCUT2D eigenvalue weighted by molar-refractivity contribution is 5.47. The summed E-state index contributed by atoms with van der Waals surface area (Å²) >= 11 is 0. The molecule has 114 valence electrons. The second-order valence-electron chi connectivity index (χ2n) is 5.98. The average molecular weight is 287 g/mol. The highest BCUT2D eigenvalue weighted by Crippen LogP contribution is 2.11. The second-order valence-corrected chi connectivity index (χ2v) is 5.98. The van der Waals surface area contributed by atoms with Gasteiger partial charge in [-0.1, -0.05) is 6.07 Å². The Labute approximate surface area is 126 Å². The molecule has 0 saturated carbocycles. The number of likely N-dealkylation sites (N-methyl/N-ethyl adjacent to an activating group) is 1. The summed E-state index contributed by atoms with van der Waals surface area (Å²) in [6.07, 6.45) is 4.21. The van der Waals surface area contributed by atoms with Gasteiger partial charge in [-0.25, -0.2) is 4.98 Å². The van der Waals surface area contributed by atoms with Gasteiger partial charge in [0.05, 0.1) is 5.69 Å². The molecule has 0 radical (unpaired) electrons. The van der Waals surface area contributed by atoms with Gasteiger partial charge in [0.1, 0.15) is 5.65 Å². The number of fused-ring (bicyclic) bond motifs is 1. The molecule has 0 aromatic carbocycles. The fraction of sp³-hybridized carbons (Fsp3) is 0.562. The smallest absolute Gasteiger partial charge is 0.139 e. The Morgan fingerprint density at radius 2 is 2.14 bits per heavy atom. The Kier molecular flexibility index (Phi) is 4.53. The first-order chi connectivity index (χ1) is 10.2. The van der Waals surface area contributed by atoms with Crippen LogP contribution in [-0.2, 0) is 6.54 Å². The number of imidazole rings is 1. The van der Waals surface area contributed by atoms with Gasteiger partial charge in [-0.3, -0.25) is 9.80 Å². The molecule has 2 aromatic heterocycles. The SMILES string of the molecule is Cc1cccn2cc(CN(C)CCN3CCNCC3)nc12. The summed E-state index contributed by atoms with van der Waals surface area (Å²) in [5, 5.41) is 3.39. The average Bonchev–Trinajstić information content (AvgIpc) is 2.90. The number of rotatable bonds is 5. The molecular formula is C16H25N5. The van der Waals surface area contributed by atoms with Crippen molar-refractivity contribution in [2.45, 2.75) is 13.5 Å². The Morgan fingerprint density at radius 1 is 1.33 bits per heavy atom. The summed E-state index contributed by atoms with van der Waals surface area (Å²) in [5.41, 5.74) is 3.45. The van der Waals surface area contributed by atoms with Crippen molar-refractivity contribution in [2.75, 3.05) is 46.3 Å². The van der Waals surface area contributed by atoms with Crippen LogP contribution in [0.2, 0.25) is 0 Å². The quantitative estimate of drug-likeness (QED) is 0.889. The number of aryl methyl sites for hydroxylation is 1. The molecule has 1 fully saturated rings. The molecule has 5 nitrogen and oxygen atoms in total. The van der Waals surface area contributed by atoms with E-state index in [9.17, 15) is 0 Å². The molecule has 21 heavy (non-hydrogen) atoms. The van der Waals surface area contributed by atoms with Crippen LogP contribution in [0.1, 0.15) is 11.3 Å². The molecule has 0 unspecified atom stereocenters. The van der Waals surface area contributed by atoms with E-state index in [0.717, 1.165) is 44.1 Å². The third-order valence-electron chi connectivity index (χ3n) is 4.17. The lowest BCUT2D eigenvalue weighted by Gasteiger charge is -2.28. The van der Waals surface area contributed by atoms with Gasteiger partial charge in [0, 0.05) is 58.2 Å². The molecule has 0 amide bonds. The number of aromatic nitrogens is 2. The summed E-state index contributed by atoms with van der Waals surface area (Å²) in [6.45, 7) is 9.83. The van der Waals surface area contributed by atoms with Crippen molar-refractivity contribution in [3.8, 4) is 0 Å². The van der Waals surface area contributed by atoms with Crippen LogP contribution in [0.15, 0.2) is 24.5 Å². The zero-order valence-electron chi connectivity index (χ0n) is 13.0. The third-order valence-corrected chi connectivity index (χ3v) is 4.17. The van der Waals surface area contributed by atoms with Crippen molar-refractivity contribution in [3.63, 3.8) is 0 Å². The maximum Gasteiger partial charge on any atom is 0.139 e. The maximum atomic E-state index is 4.74. The predicted molar refractivity (Wildman–Crippen MR) is 85.6 cm³/mol. The van der Waals surface area contributed by atoms with Gasteiger partial charge in [-0.2, -0.15) is 0 Å². The van der Waals surface area contributed by atoms with Gasteiger partial charge in [0.15, 0.2) is 0 Å². The summed E-state index contributed by atoms with van der Waals surface area (Å²) in [6, 6.07) is 4.18. The van der Waals surface area contributed by atoms with Crippen LogP contribution < -0.4 is 5.32 Å². The monoisotopic (exact) mass is 287 g/mol. The van der Waals surface area contributed by atoms with Gasteiger partial charge < -0.3 is 9.72 Å². The predicted octanol–water partition coefficient (Wildman–Crippen LogP) is 0.980. The lowest BCUT2D eigenvalue weighted by Crippen LogP contribution is -2.45. The molecule has 0 bridgehead atoms. The fourth-order valence-corrected chi connectivity index (χ4v) is 2.88. The first kappa shape index (κ1) is 14.5. The first-order valence-electron chi connectivity index (χ1n) is 7.77. The van der Waals surface area contributed by atoms with E-state index in [1.807, 2.05) is 0 Å². The standard InChI is InChI=1S/C16H25N5/c1-14-4-3-7-21-13-15(18-16(14)21)12-19(2)10-11-20-8-5-17-6-9-20/h3-4,7,13,17H,5-6,8-12H2,1-2H3. The van der Waals surface area contributed by atoms with Crippen LogP contribution in [0.4, 0.5) is 0 Å². The van der Waals surface area contributed by atoms with E-state index < -0.39 is 0 Å². The largest absolute Gasteiger partial charge is 0.314 e. The van der Waals surface area contributed by atoms with Crippen LogP contribution in [0.5, 0.6) is 0 Å². The van der Waals surface area contributed by atoms with Crippen molar-refractivity contribution in [1.82, 2.24) is 24.5 Å². The number of hydrogen-bond acceptors (Lipinski definition) is 4. The van der Waals surface area contributed by atoms with Gasteiger partial charge >= 0.3 is 0 Å². The maximum absolute atomic E-state index is 4.74. The minimum Gasteiger partial charge on any atom is -0.314 e. The molecule has 1 saturated heterocycles. The van der Waals surface area contributed by atoms with E-state index in [-0.39, 0.29) is 0 Å². The van der Waals surface area contributed by atoms with Crippen LogP contribution in [-0.4, -0.2) is 65.5 Å². The van der Waals surface area contributed by atoms with Crippen molar-refractivity contribution < 1.29 is 0 Å². The summed E-state index contributed by atoms with van der Waals surface area (Å²) < 4.78 is 2.12. The number of piperazine rings is 1. The van der Waals surface area contributed by atoms with E-state index in [4.69, 9.17) is 4.98 Å². The van der Waals surface area contributed by atoms with Crippen LogP contribution in [0.3, 0.4) is 0 Å². The molecule has 5 heteroatoms. The van der Waals surface area contributed by atoms with E-state index in [1.54, 1.807) is 0 Å². The second kappa shape index (κ2) is 6.56. The van der Waals surface area contributed by atoms with Crippen LogP contribution >= 0.6 is 0 Å². The van der Waals surface area contributed by atoms with Crippen molar-refractivity contribution in [3.05, 3.63) is 35.8 Å². The van der Waals surface area contributed by atoms with Crippen molar-refractivity contribution in [1.29, 1.82) is 0 Å². The molecule has 3 heterocycles. The summed E-state index contributed by atoms with van der Waals surface area (Å²) in [5.74, 6) is 0. The molecule has 0 spiro atoms. The van der Waals surface area contributed by atoms with Gasteiger partial charge in [0.2, 0.25) is 0 Å². The van der Waals surface area contributed by atoms with E-state index >= 15 is 0 Å². The van der Waals surface area contributed by atoms with Gasteiger partial charge in [-0.05, 0) is 25.6 Å². The first-order valence-corrected chi connectivity index (χ1v) is 7.77. The van der Waals surface area contributed by atoms with Crippen LogP contribution in [0.25, 0.3) is 5.65 Å². The molecular weight excluding hydrogens is 262 g/mol. The topological polar surface area (TPSA) is 35.8 Å². The van der Waals surface area contributed by atoms with E-state index in [2.05, 4.69) is 58.0 Å². The molecule has 0 aliphatic carbocycles. The van der Waals surface area contributed by atoms with Crippen LogP contribution in [0, 0.1) is 6.92 Å².